The maximum absolute atomic E-state index is 14.0. The highest BCUT2D eigenvalue weighted by atomic mass is 79.9. The van der Waals surface area contributed by atoms with Crippen LogP contribution in [0.15, 0.2) is 27.7 Å². The van der Waals surface area contributed by atoms with Gasteiger partial charge in [-0.3, -0.25) is 9.89 Å². The van der Waals surface area contributed by atoms with Gasteiger partial charge in [0.25, 0.3) is 0 Å². The van der Waals surface area contributed by atoms with Crippen molar-refractivity contribution in [1.29, 1.82) is 0 Å². The van der Waals surface area contributed by atoms with Gasteiger partial charge in [0, 0.05) is 56.4 Å². The van der Waals surface area contributed by atoms with Crippen molar-refractivity contribution in [2.75, 3.05) is 53.0 Å². The predicted octanol–water partition coefficient (Wildman–Crippen LogP) is 2.32. The van der Waals surface area contributed by atoms with Gasteiger partial charge in [-0.1, -0.05) is 22.0 Å². The van der Waals surface area contributed by atoms with Crippen LogP contribution in [0.4, 0.5) is 4.39 Å². The molecule has 0 bridgehead atoms. The molecule has 0 spiro atoms. The van der Waals surface area contributed by atoms with E-state index in [0.717, 1.165) is 56.4 Å². The van der Waals surface area contributed by atoms with Gasteiger partial charge < -0.3 is 15.0 Å². The highest BCUT2D eigenvalue weighted by Crippen LogP contribution is 2.19. The molecule has 1 unspecified atom stereocenters. The number of nitrogens with one attached hydrogen (secondary N) is 1. The lowest BCUT2D eigenvalue weighted by Gasteiger charge is -2.29. The number of morpholine rings is 1. The van der Waals surface area contributed by atoms with Gasteiger partial charge in [-0.25, -0.2) is 4.39 Å². The Bertz CT molecular complexity index is 607. The Labute approximate surface area is 157 Å². The van der Waals surface area contributed by atoms with Crippen LogP contribution in [-0.4, -0.2) is 68.7 Å². The van der Waals surface area contributed by atoms with Gasteiger partial charge >= 0.3 is 0 Å². The number of benzene rings is 1. The van der Waals surface area contributed by atoms with Gasteiger partial charge in [-0.2, -0.15) is 0 Å². The second kappa shape index (κ2) is 8.96. The molecule has 2 aliphatic heterocycles. The summed E-state index contributed by atoms with van der Waals surface area (Å²) in [5, 5.41) is 3.30. The van der Waals surface area contributed by atoms with Gasteiger partial charge in [-0.15, -0.1) is 0 Å². The minimum atomic E-state index is -0.205. The molecule has 0 saturated carbocycles. The average molecular weight is 413 g/mol. The number of aliphatic imine (C=N–C) groups is 1. The zero-order chi connectivity index (χ0) is 17.6. The molecule has 1 N–H and O–H groups in total. The van der Waals surface area contributed by atoms with Gasteiger partial charge in [0.2, 0.25) is 0 Å². The highest BCUT2D eigenvalue weighted by molar-refractivity contribution is 9.10. The number of likely N-dealkylation sites (tertiary alicyclic amines) is 1. The quantitative estimate of drug-likeness (QED) is 0.608. The van der Waals surface area contributed by atoms with Crippen LogP contribution < -0.4 is 5.32 Å². The lowest BCUT2D eigenvalue weighted by molar-refractivity contribution is 0.0315. The second-order valence-corrected chi connectivity index (χ2v) is 7.57. The summed E-state index contributed by atoms with van der Waals surface area (Å²) in [6.07, 6.45) is 1.17. The van der Waals surface area contributed by atoms with E-state index in [0.29, 0.717) is 18.0 Å². The van der Waals surface area contributed by atoms with E-state index >= 15 is 0 Å². The third-order valence-electron chi connectivity index (χ3n) is 4.87. The first kappa shape index (κ1) is 18.6. The average Bonchev–Trinajstić information content (AvgIpc) is 3.06. The molecule has 0 radical (unpaired) electrons. The molecule has 2 heterocycles. The van der Waals surface area contributed by atoms with E-state index in [1.54, 1.807) is 13.1 Å². The molecule has 7 heteroatoms. The van der Waals surface area contributed by atoms with Crippen molar-refractivity contribution in [3.63, 3.8) is 0 Å². The van der Waals surface area contributed by atoms with E-state index in [2.05, 4.69) is 36.0 Å². The fraction of sp³-hybridized carbons (Fsp3) is 0.611. The Kier molecular flexibility index (Phi) is 6.67. The van der Waals surface area contributed by atoms with E-state index < -0.39 is 0 Å². The lowest BCUT2D eigenvalue weighted by atomic mass is 10.1. The molecule has 25 heavy (non-hydrogen) atoms. The summed E-state index contributed by atoms with van der Waals surface area (Å²) < 4.78 is 20.1. The third-order valence-corrected chi connectivity index (χ3v) is 5.36. The van der Waals surface area contributed by atoms with E-state index in [9.17, 15) is 4.39 Å². The van der Waals surface area contributed by atoms with Crippen LogP contribution >= 0.6 is 15.9 Å². The molecular weight excluding hydrogens is 387 g/mol. The van der Waals surface area contributed by atoms with Crippen molar-refractivity contribution in [3.8, 4) is 0 Å². The molecule has 3 rings (SSSR count). The first-order valence-electron chi connectivity index (χ1n) is 8.85. The molecule has 1 atom stereocenters. The van der Waals surface area contributed by atoms with E-state index in [1.807, 2.05) is 6.07 Å². The van der Waals surface area contributed by atoms with Crippen molar-refractivity contribution in [2.45, 2.75) is 13.0 Å². The molecule has 1 aromatic rings. The monoisotopic (exact) mass is 412 g/mol. The SMILES string of the molecule is CN=C(NCc1ccc(Br)cc1F)N1CCC(CN2CCOCC2)C1. The van der Waals surface area contributed by atoms with Crippen LogP contribution in [0.5, 0.6) is 0 Å². The fourth-order valence-electron chi connectivity index (χ4n) is 3.49. The second-order valence-electron chi connectivity index (χ2n) is 6.65. The normalized spacial score (nSPS) is 22.4. The van der Waals surface area contributed by atoms with Crippen molar-refractivity contribution < 1.29 is 9.13 Å². The summed E-state index contributed by atoms with van der Waals surface area (Å²) in [6.45, 7) is 7.32. The molecule has 5 nitrogen and oxygen atoms in total. The summed E-state index contributed by atoms with van der Waals surface area (Å²) in [7, 11) is 1.79. The van der Waals surface area contributed by atoms with Crippen LogP contribution in [-0.2, 0) is 11.3 Å². The largest absolute Gasteiger partial charge is 0.379 e. The highest BCUT2D eigenvalue weighted by Gasteiger charge is 2.27. The number of rotatable bonds is 4. The number of hydrogen-bond donors (Lipinski definition) is 1. The fourth-order valence-corrected chi connectivity index (χ4v) is 3.83. The van der Waals surface area contributed by atoms with E-state index in [4.69, 9.17) is 4.74 Å². The van der Waals surface area contributed by atoms with Crippen molar-refractivity contribution in [2.24, 2.45) is 10.9 Å². The summed E-state index contributed by atoms with van der Waals surface area (Å²) in [5.74, 6) is 1.30. The van der Waals surface area contributed by atoms with Crippen molar-refractivity contribution in [3.05, 3.63) is 34.1 Å². The number of halogens is 2. The molecule has 2 fully saturated rings. The van der Waals surface area contributed by atoms with Gasteiger partial charge in [0.1, 0.15) is 5.82 Å². The van der Waals surface area contributed by atoms with Crippen molar-refractivity contribution in [1.82, 2.24) is 15.1 Å². The van der Waals surface area contributed by atoms with Gasteiger partial charge in [0.05, 0.1) is 13.2 Å². The van der Waals surface area contributed by atoms with Gasteiger partial charge in [-0.05, 0) is 24.5 Å². The molecule has 2 aliphatic rings. The first-order chi connectivity index (χ1) is 12.2. The molecular formula is C18H26BrFN4O. The minimum absolute atomic E-state index is 0.205. The number of nitrogens with zero attached hydrogens (tertiary/aromatic N) is 3. The van der Waals surface area contributed by atoms with Crippen LogP contribution in [0.2, 0.25) is 0 Å². The molecule has 2 saturated heterocycles. The number of ether oxygens (including phenoxy) is 1. The standard InChI is InChI=1S/C18H26BrFN4O/c1-21-18(22-11-15-2-3-16(19)10-17(15)20)24-5-4-14(13-24)12-23-6-8-25-9-7-23/h2-3,10,14H,4-9,11-13H2,1H3,(H,21,22). The van der Waals surface area contributed by atoms with Crippen LogP contribution in [0.1, 0.15) is 12.0 Å². The maximum Gasteiger partial charge on any atom is 0.193 e. The van der Waals surface area contributed by atoms with Gasteiger partial charge in [0.15, 0.2) is 5.96 Å². The predicted molar refractivity (Wildman–Crippen MR) is 101 cm³/mol. The van der Waals surface area contributed by atoms with Crippen molar-refractivity contribution >= 4 is 21.9 Å². The zero-order valence-electron chi connectivity index (χ0n) is 14.7. The Morgan fingerprint density at radius 2 is 2.16 bits per heavy atom. The third kappa shape index (κ3) is 5.15. The smallest absolute Gasteiger partial charge is 0.193 e. The molecule has 138 valence electrons. The summed E-state index contributed by atoms with van der Waals surface area (Å²) >= 11 is 3.29. The number of hydrogen-bond acceptors (Lipinski definition) is 3. The van der Waals surface area contributed by atoms with E-state index in [1.165, 1.54) is 12.5 Å². The maximum atomic E-state index is 14.0. The Balaban J connectivity index is 1.50. The van der Waals surface area contributed by atoms with E-state index in [-0.39, 0.29) is 5.82 Å². The van der Waals surface area contributed by atoms with Crippen LogP contribution in [0.25, 0.3) is 0 Å². The Hall–Kier alpha value is -1.18. The zero-order valence-corrected chi connectivity index (χ0v) is 16.3. The Morgan fingerprint density at radius 3 is 2.88 bits per heavy atom. The molecule has 0 aromatic heterocycles. The molecule has 1 aromatic carbocycles. The summed E-state index contributed by atoms with van der Waals surface area (Å²) in [5.41, 5.74) is 0.647. The first-order valence-corrected chi connectivity index (χ1v) is 9.64. The summed E-state index contributed by atoms with van der Waals surface area (Å²) in [6, 6.07) is 5.15. The number of guanidine groups is 1. The van der Waals surface area contributed by atoms with Crippen LogP contribution in [0, 0.1) is 11.7 Å². The molecule has 0 aliphatic carbocycles. The Morgan fingerprint density at radius 1 is 1.36 bits per heavy atom. The molecule has 0 amide bonds. The van der Waals surface area contributed by atoms with Crippen LogP contribution in [0.3, 0.4) is 0 Å². The lowest BCUT2D eigenvalue weighted by Crippen LogP contribution is -2.42. The minimum Gasteiger partial charge on any atom is -0.379 e. The summed E-state index contributed by atoms with van der Waals surface area (Å²) in [4.78, 5) is 9.15. The topological polar surface area (TPSA) is 40.1 Å².